The number of fused-ring (bicyclic) bond motifs is 1. The summed E-state index contributed by atoms with van der Waals surface area (Å²) in [6.07, 6.45) is -0.348. The molecule has 2 aromatic rings. The van der Waals surface area contributed by atoms with E-state index in [2.05, 4.69) is 4.98 Å². The van der Waals surface area contributed by atoms with E-state index in [1.807, 2.05) is 26.8 Å². The van der Waals surface area contributed by atoms with E-state index < -0.39 is 5.60 Å². The predicted molar refractivity (Wildman–Crippen MR) is 105 cm³/mol. The highest BCUT2D eigenvalue weighted by molar-refractivity contribution is 6.01. The number of carbonyl (C=O) groups is 2. The summed E-state index contributed by atoms with van der Waals surface area (Å²) in [5.41, 5.74) is 0.646. The number of amides is 2. The summed E-state index contributed by atoms with van der Waals surface area (Å²) < 4.78 is 16.2. The lowest BCUT2D eigenvalue weighted by atomic mass is 10.2. The molecule has 8 nitrogen and oxygen atoms in total. The van der Waals surface area contributed by atoms with Crippen molar-refractivity contribution >= 4 is 22.9 Å². The van der Waals surface area contributed by atoms with Crippen molar-refractivity contribution in [3.05, 3.63) is 23.9 Å². The van der Waals surface area contributed by atoms with Gasteiger partial charge in [0.1, 0.15) is 22.8 Å². The first kappa shape index (κ1) is 19.9. The number of benzene rings is 1. The highest BCUT2D eigenvalue weighted by Crippen LogP contribution is 2.33. The standard InChI is InChI=1S/C20H27N3O5/c1-20(2,3)28-19(25)23-10-8-22(9-11-23)18(24)14-12-13-15(26-4)6-7-16(27-5)17(13)21-14/h6-7,12,21H,8-11H2,1-5H3. The number of piperazine rings is 1. The maximum absolute atomic E-state index is 13.0. The number of nitrogens with zero attached hydrogens (tertiary/aromatic N) is 2. The van der Waals surface area contributed by atoms with Gasteiger partial charge < -0.3 is 29.0 Å². The van der Waals surface area contributed by atoms with Gasteiger partial charge >= 0.3 is 6.09 Å². The summed E-state index contributed by atoms with van der Waals surface area (Å²) in [5.74, 6) is 1.19. The number of carbonyl (C=O) groups excluding carboxylic acids is 2. The summed E-state index contributed by atoms with van der Waals surface area (Å²) >= 11 is 0. The lowest BCUT2D eigenvalue weighted by Gasteiger charge is -2.35. The maximum atomic E-state index is 13.0. The molecule has 1 fully saturated rings. The number of ether oxygens (including phenoxy) is 3. The molecule has 0 aliphatic carbocycles. The molecule has 0 bridgehead atoms. The highest BCUT2D eigenvalue weighted by Gasteiger charge is 2.29. The minimum atomic E-state index is -0.535. The van der Waals surface area contributed by atoms with Crippen LogP contribution in [-0.2, 0) is 4.74 Å². The van der Waals surface area contributed by atoms with Gasteiger partial charge in [0.2, 0.25) is 0 Å². The van der Waals surface area contributed by atoms with Crippen LogP contribution in [0, 0.1) is 0 Å². The fourth-order valence-electron chi connectivity index (χ4n) is 3.22. The van der Waals surface area contributed by atoms with Crippen LogP contribution >= 0.6 is 0 Å². The number of H-pyrrole nitrogens is 1. The smallest absolute Gasteiger partial charge is 0.410 e. The molecule has 2 amide bonds. The third-order valence-corrected chi connectivity index (χ3v) is 4.60. The first-order valence-corrected chi connectivity index (χ1v) is 9.24. The van der Waals surface area contributed by atoms with Gasteiger partial charge in [0, 0.05) is 31.6 Å². The zero-order chi connectivity index (χ0) is 20.5. The molecular formula is C20H27N3O5. The Hall–Kier alpha value is -2.90. The zero-order valence-electron chi connectivity index (χ0n) is 17.0. The third kappa shape index (κ3) is 4.00. The molecule has 0 atom stereocenters. The Morgan fingerprint density at radius 1 is 0.964 bits per heavy atom. The topological polar surface area (TPSA) is 84.1 Å². The monoisotopic (exact) mass is 389 g/mol. The van der Waals surface area contributed by atoms with E-state index >= 15 is 0 Å². The van der Waals surface area contributed by atoms with Gasteiger partial charge in [-0.1, -0.05) is 0 Å². The van der Waals surface area contributed by atoms with Crippen LogP contribution in [0.4, 0.5) is 4.79 Å². The molecular weight excluding hydrogens is 362 g/mol. The SMILES string of the molecule is COc1ccc(OC)c2[nH]c(C(=O)N3CCN(C(=O)OC(C)(C)C)CC3)cc12. The Morgan fingerprint density at radius 2 is 1.54 bits per heavy atom. The lowest BCUT2D eigenvalue weighted by molar-refractivity contribution is 0.0140. The van der Waals surface area contributed by atoms with E-state index in [4.69, 9.17) is 14.2 Å². The number of methoxy groups -OCH3 is 2. The van der Waals surface area contributed by atoms with Gasteiger partial charge in [-0.2, -0.15) is 0 Å². The number of rotatable bonds is 3. The van der Waals surface area contributed by atoms with Gasteiger partial charge in [0.05, 0.1) is 19.7 Å². The molecule has 8 heteroatoms. The van der Waals surface area contributed by atoms with Gasteiger partial charge in [0.25, 0.3) is 5.91 Å². The van der Waals surface area contributed by atoms with Crippen LogP contribution in [0.5, 0.6) is 11.5 Å². The molecule has 1 aromatic heterocycles. The average Bonchev–Trinajstić information content (AvgIpc) is 3.10. The van der Waals surface area contributed by atoms with Gasteiger partial charge in [-0.3, -0.25) is 4.79 Å². The second-order valence-corrected chi connectivity index (χ2v) is 7.70. The Kier molecular flexibility index (Phi) is 5.40. The average molecular weight is 389 g/mol. The minimum Gasteiger partial charge on any atom is -0.496 e. The van der Waals surface area contributed by atoms with Crippen LogP contribution in [0.25, 0.3) is 10.9 Å². The van der Waals surface area contributed by atoms with Crippen LogP contribution in [0.3, 0.4) is 0 Å². The predicted octanol–water partition coefficient (Wildman–Crippen LogP) is 2.88. The van der Waals surface area contributed by atoms with Crippen molar-refractivity contribution in [2.24, 2.45) is 0 Å². The fraction of sp³-hybridized carbons (Fsp3) is 0.500. The maximum Gasteiger partial charge on any atom is 0.410 e. The minimum absolute atomic E-state index is 0.121. The molecule has 2 heterocycles. The van der Waals surface area contributed by atoms with Gasteiger partial charge in [-0.05, 0) is 39.0 Å². The molecule has 0 unspecified atom stereocenters. The van der Waals surface area contributed by atoms with Crippen molar-refractivity contribution in [2.45, 2.75) is 26.4 Å². The van der Waals surface area contributed by atoms with Crippen LogP contribution in [-0.4, -0.2) is 72.8 Å². The van der Waals surface area contributed by atoms with Crippen molar-refractivity contribution in [1.82, 2.24) is 14.8 Å². The van der Waals surface area contributed by atoms with E-state index in [0.29, 0.717) is 43.4 Å². The van der Waals surface area contributed by atoms with E-state index in [1.54, 1.807) is 36.2 Å². The molecule has 1 N–H and O–H groups in total. The number of nitrogens with one attached hydrogen (secondary N) is 1. The summed E-state index contributed by atoms with van der Waals surface area (Å²) in [5, 5.41) is 0.789. The molecule has 1 saturated heterocycles. The molecule has 1 aliphatic heterocycles. The molecule has 0 radical (unpaired) electrons. The Labute approximate surface area is 164 Å². The van der Waals surface area contributed by atoms with Crippen LogP contribution < -0.4 is 9.47 Å². The molecule has 1 aromatic carbocycles. The Balaban J connectivity index is 1.73. The van der Waals surface area contributed by atoms with Crippen molar-refractivity contribution < 1.29 is 23.8 Å². The van der Waals surface area contributed by atoms with E-state index in [0.717, 1.165) is 10.9 Å². The zero-order valence-corrected chi connectivity index (χ0v) is 17.0. The van der Waals surface area contributed by atoms with Gasteiger partial charge in [0.15, 0.2) is 0 Å². The second kappa shape index (κ2) is 7.61. The van der Waals surface area contributed by atoms with Gasteiger partial charge in [-0.15, -0.1) is 0 Å². The molecule has 0 saturated carbocycles. The largest absolute Gasteiger partial charge is 0.496 e. The molecule has 3 rings (SSSR count). The summed E-state index contributed by atoms with van der Waals surface area (Å²) in [4.78, 5) is 31.6. The van der Waals surface area contributed by atoms with Crippen molar-refractivity contribution in [1.29, 1.82) is 0 Å². The third-order valence-electron chi connectivity index (χ3n) is 4.60. The molecule has 152 valence electrons. The van der Waals surface area contributed by atoms with Gasteiger partial charge in [-0.25, -0.2) is 4.79 Å². The van der Waals surface area contributed by atoms with Crippen LogP contribution in [0.2, 0.25) is 0 Å². The second-order valence-electron chi connectivity index (χ2n) is 7.70. The van der Waals surface area contributed by atoms with Crippen molar-refractivity contribution in [2.75, 3.05) is 40.4 Å². The summed E-state index contributed by atoms with van der Waals surface area (Å²) in [7, 11) is 3.17. The first-order chi connectivity index (χ1) is 13.2. The first-order valence-electron chi connectivity index (χ1n) is 9.24. The lowest BCUT2D eigenvalue weighted by Crippen LogP contribution is -2.51. The number of hydrogen-bond acceptors (Lipinski definition) is 5. The van der Waals surface area contributed by atoms with E-state index in [9.17, 15) is 9.59 Å². The van der Waals surface area contributed by atoms with Crippen LogP contribution in [0.15, 0.2) is 18.2 Å². The quantitative estimate of drug-likeness (QED) is 0.873. The normalized spacial score (nSPS) is 14.9. The summed E-state index contributed by atoms with van der Waals surface area (Å²) in [6, 6.07) is 5.38. The van der Waals surface area contributed by atoms with E-state index in [1.165, 1.54) is 0 Å². The summed E-state index contributed by atoms with van der Waals surface area (Å²) in [6.45, 7) is 7.28. The molecule has 0 spiro atoms. The number of hydrogen-bond donors (Lipinski definition) is 1. The highest BCUT2D eigenvalue weighted by atomic mass is 16.6. The fourth-order valence-corrected chi connectivity index (χ4v) is 3.22. The van der Waals surface area contributed by atoms with Crippen molar-refractivity contribution in [3.63, 3.8) is 0 Å². The van der Waals surface area contributed by atoms with Crippen LogP contribution in [0.1, 0.15) is 31.3 Å². The Morgan fingerprint density at radius 3 is 2.11 bits per heavy atom. The van der Waals surface area contributed by atoms with E-state index in [-0.39, 0.29) is 12.0 Å². The number of aromatic nitrogens is 1. The Bertz CT molecular complexity index is 835. The number of aromatic amines is 1. The molecule has 28 heavy (non-hydrogen) atoms. The molecule has 1 aliphatic rings. The van der Waals surface area contributed by atoms with Crippen molar-refractivity contribution in [3.8, 4) is 11.5 Å².